The molecule has 0 aliphatic heterocycles. The van der Waals surface area contributed by atoms with Crippen molar-refractivity contribution < 1.29 is 14.5 Å². The first-order chi connectivity index (χ1) is 9.04. The third kappa shape index (κ3) is 4.97. The van der Waals surface area contributed by atoms with Crippen LogP contribution in [0.25, 0.3) is 6.08 Å². The topological polar surface area (TPSA) is 81.5 Å². The van der Waals surface area contributed by atoms with Crippen LogP contribution in [0.2, 0.25) is 5.02 Å². The summed E-state index contributed by atoms with van der Waals surface area (Å²) in [6, 6.07) is 4.36. The average Bonchev–Trinajstić information content (AvgIpc) is 2.36. The van der Waals surface area contributed by atoms with Crippen molar-refractivity contribution in [2.45, 2.75) is 6.92 Å². The Hall–Kier alpha value is -2.08. The van der Waals surface area contributed by atoms with Gasteiger partial charge in [-0.1, -0.05) is 11.6 Å². The number of nitro groups is 1. The van der Waals surface area contributed by atoms with Gasteiger partial charge in [-0.05, 0) is 31.3 Å². The molecule has 0 amide bonds. The molecular weight excluding hydrogens is 272 g/mol. The third-order valence-corrected chi connectivity index (χ3v) is 2.36. The normalized spacial score (nSPS) is 10.4. The summed E-state index contributed by atoms with van der Waals surface area (Å²) in [5.41, 5.74) is 0.299. The molecule has 0 aromatic heterocycles. The molecule has 0 aliphatic rings. The first-order valence-corrected chi connectivity index (χ1v) is 5.92. The molecule has 102 valence electrons. The van der Waals surface area contributed by atoms with Crippen LogP contribution in [-0.2, 0) is 9.53 Å². The molecule has 0 atom stereocenters. The van der Waals surface area contributed by atoms with Gasteiger partial charge >= 0.3 is 5.97 Å². The van der Waals surface area contributed by atoms with Gasteiger partial charge in [0, 0.05) is 11.1 Å². The molecule has 1 N–H and O–H groups in total. The monoisotopic (exact) mass is 284 g/mol. The molecule has 1 rings (SSSR count). The van der Waals surface area contributed by atoms with E-state index in [9.17, 15) is 14.9 Å². The summed E-state index contributed by atoms with van der Waals surface area (Å²) in [6.45, 7) is 2.03. The molecule has 0 radical (unpaired) electrons. The van der Waals surface area contributed by atoms with E-state index < -0.39 is 10.9 Å². The maximum atomic E-state index is 11.0. The first kappa shape index (κ1) is 15.0. The Balaban J connectivity index is 2.66. The van der Waals surface area contributed by atoms with Crippen LogP contribution in [-0.4, -0.2) is 24.0 Å². The minimum Gasteiger partial charge on any atom is -0.465 e. The summed E-state index contributed by atoms with van der Waals surface area (Å²) < 4.78 is 4.71. The number of hydrogen-bond donors (Lipinski definition) is 1. The van der Waals surface area contributed by atoms with Crippen LogP contribution in [0.5, 0.6) is 0 Å². The largest absolute Gasteiger partial charge is 0.465 e. The summed E-state index contributed by atoms with van der Waals surface area (Å²) in [5.74, 6) is -0.391. The molecule has 6 nitrogen and oxygen atoms in total. The Morgan fingerprint density at radius 3 is 2.95 bits per heavy atom. The van der Waals surface area contributed by atoms with Gasteiger partial charge in [0.05, 0.1) is 17.1 Å². The van der Waals surface area contributed by atoms with Gasteiger partial charge in [-0.25, -0.2) is 0 Å². The fourth-order valence-electron chi connectivity index (χ4n) is 1.32. The van der Waals surface area contributed by atoms with Crippen molar-refractivity contribution in [1.82, 2.24) is 5.32 Å². The second-order valence-electron chi connectivity index (χ2n) is 3.48. The number of nitrogens with one attached hydrogen (secondary N) is 1. The predicted octanol–water partition coefficient (Wildman–Crippen LogP) is 2.37. The van der Waals surface area contributed by atoms with Gasteiger partial charge in [-0.15, -0.1) is 0 Å². The van der Waals surface area contributed by atoms with Gasteiger partial charge in [-0.2, -0.15) is 0 Å². The van der Waals surface area contributed by atoms with Crippen molar-refractivity contribution in [3.05, 3.63) is 45.1 Å². The Morgan fingerprint density at radius 2 is 2.32 bits per heavy atom. The maximum Gasteiger partial charge on any atom is 0.325 e. The lowest BCUT2D eigenvalue weighted by Crippen LogP contribution is -2.20. The Labute approximate surface area is 115 Å². The number of nitro benzene ring substituents is 1. The van der Waals surface area contributed by atoms with Crippen LogP contribution >= 0.6 is 11.6 Å². The van der Waals surface area contributed by atoms with Crippen LogP contribution in [0.15, 0.2) is 24.4 Å². The molecule has 0 aliphatic carbocycles. The highest BCUT2D eigenvalue weighted by Crippen LogP contribution is 2.23. The van der Waals surface area contributed by atoms with Gasteiger partial charge in [0.1, 0.15) is 6.54 Å². The highest BCUT2D eigenvalue weighted by molar-refractivity contribution is 6.30. The van der Waals surface area contributed by atoms with E-state index >= 15 is 0 Å². The molecule has 19 heavy (non-hydrogen) atoms. The number of nitrogens with zero attached hydrogens (tertiary/aromatic N) is 1. The second-order valence-corrected chi connectivity index (χ2v) is 3.92. The molecule has 1 aromatic carbocycles. The van der Waals surface area contributed by atoms with Crippen molar-refractivity contribution >= 4 is 29.3 Å². The van der Waals surface area contributed by atoms with Crippen molar-refractivity contribution in [2.75, 3.05) is 13.2 Å². The molecule has 0 spiro atoms. The summed E-state index contributed by atoms with van der Waals surface area (Å²) in [5, 5.41) is 13.8. The Morgan fingerprint density at radius 1 is 1.58 bits per heavy atom. The van der Waals surface area contributed by atoms with Gasteiger partial charge in [0.25, 0.3) is 5.69 Å². The van der Waals surface area contributed by atoms with Gasteiger partial charge < -0.3 is 10.1 Å². The van der Waals surface area contributed by atoms with E-state index in [4.69, 9.17) is 16.3 Å². The van der Waals surface area contributed by atoms with Crippen LogP contribution in [0.4, 0.5) is 5.69 Å². The van der Waals surface area contributed by atoms with Gasteiger partial charge in [0.2, 0.25) is 0 Å². The fraction of sp³-hybridized carbons (Fsp3) is 0.250. The zero-order valence-corrected chi connectivity index (χ0v) is 11.0. The zero-order chi connectivity index (χ0) is 14.3. The van der Waals surface area contributed by atoms with Crippen molar-refractivity contribution in [2.24, 2.45) is 0 Å². The Bertz CT molecular complexity index is 503. The van der Waals surface area contributed by atoms with Crippen molar-refractivity contribution in [3.8, 4) is 0 Å². The predicted molar refractivity (Wildman–Crippen MR) is 71.8 cm³/mol. The molecule has 0 saturated heterocycles. The van der Waals surface area contributed by atoms with Crippen molar-refractivity contribution in [1.29, 1.82) is 0 Å². The number of rotatable bonds is 6. The van der Waals surface area contributed by atoms with E-state index in [0.29, 0.717) is 17.2 Å². The summed E-state index contributed by atoms with van der Waals surface area (Å²) in [4.78, 5) is 21.3. The van der Waals surface area contributed by atoms with Gasteiger partial charge in [-0.3, -0.25) is 14.9 Å². The number of benzene rings is 1. The van der Waals surface area contributed by atoms with E-state index in [1.165, 1.54) is 24.4 Å². The average molecular weight is 285 g/mol. The summed E-state index contributed by atoms with van der Waals surface area (Å²) in [6.07, 6.45) is 2.95. The quantitative estimate of drug-likeness (QED) is 0.493. The molecule has 0 bridgehead atoms. The molecule has 0 heterocycles. The minimum atomic E-state index is -0.517. The van der Waals surface area contributed by atoms with E-state index in [1.54, 1.807) is 13.0 Å². The van der Waals surface area contributed by atoms with E-state index in [2.05, 4.69) is 5.32 Å². The number of hydrogen-bond acceptors (Lipinski definition) is 5. The van der Waals surface area contributed by atoms with Gasteiger partial charge in [0.15, 0.2) is 0 Å². The summed E-state index contributed by atoms with van der Waals surface area (Å²) in [7, 11) is 0. The van der Waals surface area contributed by atoms with Crippen LogP contribution in [0.1, 0.15) is 12.5 Å². The number of carbonyl (C=O) groups is 1. The van der Waals surface area contributed by atoms with Crippen LogP contribution in [0.3, 0.4) is 0 Å². The smallest absolute Gasteiger partial charge is 0.325 e. The summed E-state index contributed by atoms with van der Waals surface area (Å²) >= 11 is 5.69. The fourth-order valence-corrected chi connectivity index (χ4v) is 1.49. The lowest BCUT2D eigenvalue weighted by atomic mass is 10.2. The lowest BCUT2D eigenvalue weighted by molar-refractivity contribution is -0.385. The number of halogens is 1. The zero-order valence-electron chi connectivity index (χ0n) is 10.3. The third-order valence-electron chi connectivity index (χ3n) is 2.12. The molecular formula is C12H13ClN2O4. The molecule has 1 aromatic rings. The first-order valence-electron chi connectivity index (χ1n) is 5.54. The highest BCUT2D eigenvalue weighted by atomic mass is 35.5. The Kier molecular flexibility index (Phi) is 5.81. The molecule has 0 unspecified atom stereocenters. The SMILES string of the molecule is CCOC(=O)CNC=Cc1ccc(Cl)cc1[N+](=O)[O-]. The molecule has 0 saturated carbocycles. The number of carbonyl (C=O) groups excluding carboxylic acids is 1. The second kappa shape index (κ2) is 7.38. The van der Waals surface area contributed by atoms with E-state index in [-0.39, 0.29) is 12.2 Å². The van der Waals surface area contributed by atoms with Crippen LogP contribution < -0.4 is 5.32 Å². The standard InChI is InChI=1S/C12H13ClN2O4/c1-2-19-12(16)8-14-6-5-9-3-4-10(13)7-11(9)15(17)18/h3-7,14H,2,8H2,1H3. The minimum absolute atomic E-state index is 0.00568. The number of ether oxygens (including phenoxy) is 1. The maximum absolute atomic E-state index is 11.0. The highest BCUT2D eigenvalue weighted by Gasteiger charge is 2.11. The van der Waals surface area contributed by atoms with Crippen LogP contribution in [0, 0.1) is 10.1 Å². The van der Waals surface area contributed by atoms with Crippen molar-refractivity contribution in [3.63, 3.8) is 0 Å². The molecule has 0 fully saturated rings. The van der Waals surface area contributed by atoms with E-state index in [1.807, 2.05) is 0 Å². The number of esters is 1. The lowest BCUT2D eigenvalue weighted by Gasteiger charge is -2.01. The molecule has 7 heteroatoms. The van der Waals surface area contributed by atoms with E-state index in [0.717, 1.165) is 0 Å².